The van der Waals surface area contributed by atoms with Gasteiger partial charge in [0, 0.05) is 49.0 Å². The molecule has 2 atom stereocenters. The van der Waals surface area contributed by atoms with Gasteiger partial charge >= 0.3 is 6.09 Å². The highest BCUT2D eigenvalue weighted by Gasteiger charge is 2.34. The van der Waals surface area contributed by atoms with Crippen LogP contribution in [0.5, 0.6) is 0 Å². The van der Waals surface area contributed by atoms with Crippen LogP contribution < -0.4 is 0 Å². The number of pyridine rings is 1. The van der Waals surface area contributed by atoms with Crippen molar-refractivity contribution >= 4 is 12.0 Å². The van der Waals surface area contributed by atoms with Crippen LogP contribution in [0.1, 0.15) is 68.8 Å². The van der Waals surface area contributed by atoms with E-state index >= 15 is 0 Å². The molecule has 4 aromatic heterocycles. The number of benzene rings is 1. The lowest BCUT2D eigenvalue weighted by Crippen LogP contribution is -2.33. The maximum atomic E-state index is 13.1. The SMILES string of the molecule is CC(C)OC(=O)N1CCC[C@H]1c1ncc(-c2cnc(-c3ccc(-c4cnc([C@@H]5CCCN5C(=O)Cc5cccnc5)[nH]4)cc3)nc2)[nH]1. The first-order valence-corrected chi connectivity index (χ1v) is 16.1. The number of rotatable bonds is 8. The average molecular weight is 632 g/mol. The van der Waals surface area contributed by atoms with Crippen LogP contribution in [0.15, 0.2) is 73.6 Å². The molecule has 12 heteroatoms. The third-order valence-corrected chi connectivity index (χ3v) is 8.71. The van der Waals surface area contributed by atoms with Gasteiger partial charge in [-0.3, -0.25) is 14.7 Å². The number of imidazole rings is 2. The second-order valence-corrected chi connectivity index (χ2v) is 12.3. The highest BCUT2D eigenvalue weighted by atomic mass is 16.6. The van der Waals surface area contributed by atoms with Crippen molar-refractivity contribution in [3.8, 4) is 33.9 Å². The van der Waals surface area contributed by atoms with Crippen LogP contribution in [-0.2, 0) is 16.0 Å². The fourth-order valence-electron chi connectivity index (χ4n) is 6.39. The van der Waals surface area contributed by atoms with E-state index in [1.165, 1.54) is 0 Å². The lowest BCUT2D eigenvalue weighted by atomic mass is 10.1. The van der Waals surface area contributed by atoms with E-state index in [9.17, 15) is 9.59 Å². The number of carbonyl (C=O) groups is 2. The minimum Gasteiger partial charge on any atom is -0.447 e. The summed E-state index contributed by atoms with van der Waals surface area (Å²) < 4.78 is 5.42. The van der Waals surface area contributed by atoms with E-state index in [2.05, 4.69) is 34.9 Å². The van der Waals surface area contributed by atoms with Gasteiger partial charge in [-0.15, -0.1) is 0 Å². The van der Waals surface area contributed by atoms with Gasteiger partial charge < -0.3 is 19.6 Å². The number of carbonyl (C=O) groups excluding carboxylic acids is 2. The van der Waals surface area contributed by atoms with Crippen LogP contribution in [-0.4, -0.2) is 75.9 Å². The Hall–Kier alpha value is -5.39. The smallest absolute Gasteiger partial charge is 0.410 e. The van der Waals surface area contributed by atoms with E-state index in [1.54, 1.807) is 35.9 Å². The first-order valence-electron chi connectivity index (χ1n) is 16.1. The zero-order chi connectivity index (χ0) is 32.3. The molecule has 2 fully saturated rings. The van der Waals surface area contributed by atoms with Gasteiger partial charge in [0.1, 0.15) is 11.6 Å². The standard InChI is InChI=1S/C35H37N9O3/c1-22(2)47-35(46)44-15-5-8-30(44)34-40-21-28(42-34)26-18-37-32(38-19-26)25-11-9-24(10-12-25)27-20-39-33(41-27)29-7-4-14-43(29)31(45)16-23-6-3-13-36-17-23/h3,6,9-13,17-22,29-30H,4-5,7-8,14-16H2,1-2H3,(H,39,41)(H,40,42)/t29-,30-/m0/s1. The summed E-state index contributed by atoms with van der Waals surface area (Å²) in [6.07, 6.45) is 14.0. The molecule has 0 spiro atoms. The highest BCUT2D eigenvalue weighted by molar-refractivity contribution is 5.79. The fourth-order valence-corrected chi connectivity index (χ4v) is 6.39. The van der Waals surface area contributed by atoms with Gasteiger partial charge in [0.25, 0.3) is 0 Å². The maximum absolute atomic E-state index is 13.1. The molecule has 2 N–H and O–H groups in total. The third-order valence-electron chi connectivity index (χ3n) is 8.71. The van der Waals surface area contributed by atoms with E-state index in [1.807, 2.05) is 61.3 Å². The molecule has 7 rings (SSSR count). The molecule has 5 aromatic rings. The molecule has 12 nitrogen and oxygen atoms in total. The summed E-state index contributed by atoms with van der Waals surface area (Å²) in [6.45, 7) is 5.08. The third kappa shape index (κ3) is 6.49. The van der Waals surface area contributed by atoms with Gasteiger partial charge in [0.15, 0.2) is 5.82 Å². The molecule has 2 amide bonds. The van der Waals surface area contributed by atoms with E-state index in [4.69, 9.17) is 4.74 Å². The van der Waals surface area contributed by atoms with E-state index in [-0.39, 0.29) is 30.2 Å². The summed E-state index contributed by atoms with van der Waals surface area (Å²) in [5, 5.41) is 0. The van der Waals surface area contributed by atoms with E-state index in [0.717, 1.165) is 77.5 Å². The Labute approximate surface area is 272 Å². The summed E-state index contributed by atoms with van der Waals surface area (Å²) >= 11 is 0. The van der Waals surface area contributed by atoms with Crippen LogP contribution >= 0.6 is 0 Å². The average Bonchev–Trinajstić information content (AvgIpc) is 3.91. The number of amides is 2. The van der Waals surface area contributed by atoms with E-state index < -0.39 is 0 Å². The topological polar surface area (TPSA) is 146 Å². The molecule has 0 unspecified atom stereocenters. The molecule has 0 radical (unpaired) electrons. The first kappa shape index (κ1) is 30.3. The number of aromatic amines is 2. The Morgan fingerprint density at radius 2 is 1.40 bits per heavy atom. The quantitative estimate of drug-likeness (QED) is 0.215. The second kappa shape index (κ2) is 13.1. The van der Waals surface area contributed by atoms with Crippen molar-refractivity contribution in [3.05, 3.63) is 90.8 Å². The lowest BCUT2D eigenvalue weighted by molar-refractivity contribution is -0.131. The van der Waals surface area contributed by atoms with E-state index in [0.29, 0.717) is 18.8 Å². The lowest BCUT2D eigenvalue weighted by Gasteiger charge is -2.23. The summed E-state index contributed by atoms with van der Waals surface area (Å²) in [5.74, 6) is 2.23. The Bertz CT molecular complexity index is 1830. The van der Waals surface area contributed by atoms with Crippen molar-refractivity contribution in [1.82, 2.24) is 44.7 Å². The Balaban J connectivity index is 1.00. The first-order chi connectivity index (χ1) is 22.9. The molecule has 2 saturated heterocycles. The maximum Gasteiger partial charge on any atom is 0.410 e. The van der Waals surface area contributed by atoms with Crippen LogP contribution in [0.25, 0.3) is 33.9 Å². The number of nitrogens with one attached hydrogen (secondary N) is 2. The van der Waals surface area contributed by atoms with Gasteiger partial charge in [-0.05, 0) is 56.7 Å². The zero-order valence-electron chi connectivity index (χ0n) is 26.5. The summed E-state index contributed by atoms with van der Waals surface area (Å²) in [4.78, 5) is 58.7. The van der Waals surface area contributed by atoms with Crippen LogP contribution in [0.4, 0.5) is 4.79 Å². The Kier molecular flexibility index (Phi) is 8.47. The Morgan fingerprint density at radius 3 is 2.04 bits per heavy atom. The number of hydrogen-bond acceptors (Lipinski definition) is 8. The van der Waals surface area contributed by atoms with Crippen molar-refractivity contribution < 1.29 is 14.3 Å². The summed E-state index contributed by atoms with van der Waals surface area (Å²) in [6, 6.07) is 11.6. The van der Waals surface area contributed by atoms with Crippen LogP contribution in [0.3, 0.4) is 0 Å². The van der Waals surface area contributed by atoms with Gasteiger partial charge in [-0.1, -0.05) is 30.3 Å². The minimum absolute atomic E-state index is 0.0662. The molecule has 0 bridgehead atoms. The van der Waals surface area contributed by atoms with Gasteiger partial charge in [0.2, 0.25) is 5.91 Å². The zero-order valence-corrected chi connectivity index (χ0v) is 26.5. The molecule has 47 heavy (non-hydrogen) atoms. The molecular formula is C35H37N9O3. The van der Waals surface area contributed by atoms with Crippen molar-refractivity contribution in [2.24, 2.45) is 0 Å². The predicted octanol–water partition coefficient (Wildman–Crippen LogP) is 5.91. The summed E-state index contributed by atoms with van der Waals surface area (Å²) in [5.41, 5.74) is 5.28. The van der Waals surface area contributed by atoms with Gasteiger partial charge in [0.05, 0.1) is 48.4 Å². The number of aromatic nitrogens is 7. The molecule has 2 aliphatic rings. The number of likely N-dealkylation sites (tertiary alicyclic amines) is 2. The normalized spacial score (nSPS) is 17.9. The Morgan fingerprint density at radius 1 is 0.787 bits per heavy atom. The van der Waals surface area contributed by atoms with Crippen molar-refractivity contribution in [1.29, 1.82) is 0 Å². The molecule has 0 saturated carbocycles. The fraction of sp³-hybridized carbons (Fsp3) is 0.343. The van der Waals surface area contributed by atoms with Crippen LogP contribution in [0, 0.1) is 0 Å². The van der Waals surface area contributed by atoms with Gasteiger partial charge in [-0.2, -0.15) is 0 Å². The monoisotopic (exact) mass is 631 g/mol. The molecule has 6 heterocycles. The number of ether oxygens (including phenoxy) is 1. The van der Waals surface area contributed by atoms with Crippen molar-refractivity contribution in [3.63, 3.8) is 0 Å². The molecular weight excluding hydrogens is 594 g/mol. The molecule has 1 aromatic carbocycles. The number of hydrogen-bond donors (Lipinski definition) is 2. The predicted molar refractivity (Wildman–Crippen MR) is 175 cm³/mol. The largest absolute Gasteiger partial charge is 0.447 e. The molecule has 0 aliphatic carbocycles. The van der Waals surface area contributed by atoms with Crippen molar-refractivity contribution in [2.75, 3.05) is 13.1 Å². The second-order valence-electron chi connectivity index (χ2n) is 12.3. The van der Waals surface area contributed by atoms with Gasteiger partial charge in [-0.25, -0.2) is 24.7 Å². The molecule has 2 aliphatic heterocycles. The summed E-state index contributed by atoms with van der Waals surface area (Å²) in [7, 11) is 0. The number of H-pyrrole nitrogens is 2. The number of nitrogens with zero attached hydrogens (tertiary/aromatic N) is 7. The molecule has 240 valence electrons. The highest BCUT2D eigenvalue weighted by Crippen LogP contribution is 2.34. The van der Waals surface area contributed by atoms with Crippen LogP contribution in [0.2, 0.25) is 0 Å². The van der Waals surface area contributed by atoms with Crippen molar-refractivity contribution in [2.45, 2.75) is 64.1 Å². The minimum atomic E-state index is -0.309.